The molecule has 17 heavy (non-hydrogen) atoms. The molecule has 1 amide bonds. The van der Waals surface area contributed by atoms with Crippen molar-refractivity contribution in [1.29, 1.82) is 5.26 Å². The molecule has 1 aromatic heterocycles. The lowest BCUT2D eigenvalue weighted by Crippen LogP contribution is -2.41. The number of ether oxygens (including phenoxy) is 1. The van der Waals surface area contributed by atoms with Crippen molar-refractivity contribution in [3.63, 3.8) is 0 Å². The summed E-state index contributed by atoms with van der Waals surface area (Å²) in [5, 5.41) is 15.2. The van der Waals surface area contributed by atoms with E-state index in [9.17, 15) is 4.79 Å². The Hall–Kier alpha value is -1.54. The molecule has 1 atom stereocenters. The fraction of sp³-hybridized carbons (Fsp3) is 0.500. The zero-order chi connectivity index (χ0) is 12.9. The van der Waals surface area contributed by atoms with Crippen molar-refractivity contribution in [3.8, 4) is 6.07 Å². The van der Waals surface area contributed by atoms with E-state index >= 15 is 0 Å². The van der Waals surface area contributed by atoms with Gasteiger partial charge >= 0.3 is 6.09 Å². The Kier molecular flexibility index (Phi) is 4.53. The minimum atomic E-state index is -0.496. The summed E-state index contributed by atoms with van der Waals surface area (Å²) in [5.74, 6) is 0. The van der Waals surface area contributed by atoms with Gasteiger partial charge in [0.2, 0.25) is 0 Å². The number of hydrogen-bond acceptors (Lipinski definition) is 4. The molecule has 0 aromatic carbocycles. The van der Waals surface area contributed by atoms with Crippen LogP contribution in [-0.4, -0.2) is 11.6 Å². The van der Waals surface area contributed by atoms with E-state index in [-0.39, 0.29) is 12.0 Å². The molecule has 1 aromatic rings. The van der Waals surface area contributed by atoms with Gasteiger partial charge in [0.25, 0.3) is 0 Å². The molecule has 0 saturated carbocycles. The van der Waals surface area contributed by atoms with Gasteiger partial charge in [-0.25, -0.2) is 4.79 Å². The highest BCUT2D eigenvalue weighted by atomic mass is 32.1. The van der Waals surface area contributed by atoms with Crippen LogP contribution >= 0.6 is 11.3 Å². The van der Waals surface area contributed by atoms with Gasteiger partial charge in [0.1, 0.15) is 6.10 Å². The van der Waals surface area contributed by atoms with Gasteiger partial charge in [-0.05, 0) is 37.6 Å². The maximum absolute atomic E-state index is 11.6. The third kappa shape index (κ3) is 4.87. The van der Waals surface area contributed by atoms with Crippen LogP contribution in [0.4, 0.5) is 4.79 Å². The summed E-state index contributed by atoms with van der Waals surface area (Å²) in [5.41, 5.74) is 0.517. The molecule has 1 unspecified atom stereocenters. The number of nitriles is 1. The number of alkyl carbamates (subject to hydrolysis) is 1. The van der Waals surface area contributed by atoms with Crippen molar-refractivity contribution >= 4 is 17.4 Å². The lowest BCUT2D eigenvalue weighted by atomic mass is 10.1. The van der Waals surface area contributed by atoms with Crippen LogP contribution in [0.15, 0.2) is 16.8 Å². The first-order chi connectivity index (χ1) is 7.92. The molecule has 0 aliphatic rings. The Morgan fingerprint density at radius 3 is 2.82 bits per heavy atom. The lowest BCUT2D eigenvalue weighted by molar-refractivity contribution is 0.0934. The van der Waals surface area contributed by atoms with E-state index in [1.807, 2.05) is 43.7 Å². The highest BCUT2D eigenvalue weighted by Crippen LogP contribution is 2.23. The Labute approximate surface area is 105 Å². The highest BCUT2D eigenvalue weighted by Gasteiger charge is 2.20. The average Bonchev–Trinajstić information content (AvgIpc) is 2.66. The van der Waals surface area contributed by atoms with E-state index in [4.69, 9.17) is 10.00 Å². The lowest BCUT2D eigenvalue weighted by Gasteiger charge is -2.22. The molecule has 0 aliphatic carbocycles. The van der Waals surface area contributed by atoms with Gasteiger partial charge < -0.3 is 10.1 Å². The van der Waals surface area contributed by atoms with E-state index < -0.39 is 12.2 Å². The molecule has 92 valence electrons. The first-order valence-corrected chi connectivity index (χ1v) is 6.24. The summed E-state index contributed by atoms with van der Waals surface area (Å²) in [4.78, 5) is 11.6. The van der Waals surface area contributed by atoms with E-state index in [0.717, 1.165) is 5.56 Å². The number of thiophene rings is 1. The second-order valence-electron chi connectivity index (χ2n) is 4.69. The second kappa shape index (κ2) is 5.69. The number of nitrogens with one attached hydrogen (secondary N) is 1. The normalized spacial score (nSPS) is 12.6. The molecule has 4 nitrogen and oxygen atoms in total. The molecule has 0 radical (unpaired) electrons. The molecule has 1 N–H and O–H groups in total. The third-order valence-corrected chi connectivity index (χ3v) is 2.62. The van der Waals surface area contributed by atoms with Crippen molar-refractivity contribution < 1.29 is 9.53 Å². The van der Waals surface area contributed by atoms with Crippen molar-refractivity contribution in [3.05, 3.63) is 22.4 Å². The molecule has 5 heteroatoms. The summed E-state index contributed by atoms with van der Waals surface area (Å²) in [6, 6.07) is 3.88. The number of amides is 1. The zero-order valence-electron chi connectivity index (χ0n) is 10.2. The summed E-state index contributed by atoms with van der Waals surface area (Å²) >= 11 is 1.51. The molecule has 0 bridgehead atoms. The molecular weight excluding hydrogens is 236 g/mol. The van der Waals surface area contributed by atoms with Crippen molar-refractivity contribution in [1.82, 2.24) is 5.32 Å². The standard InChI is InChI=1S/C12H16N2O2S/c1-12(2,3)14-11(15)16-10(4-6-13)9-5-7-17-8-9/h5,7-8,10H,4H2,1-3H3,(H,14,15). The maximum Gasteiger partial charge on any atom is 0.408 e. The minimum Gasteiger partial charge on any atom is -0.440 e. The van der Waals surface area contributed by atoms with E-state index in [1.54, 1.807) is 0 Å². The van der Waals surface area contributed by atoms with E-state index in [2.05, 4.69) is 5.32 Å². The Morgan fingerprint density at radius 2 is 2.35 bits per heavy atom. The fourth-order valence-corrected chi connectivity index (χ4v) is 1.94. The molecule has 0 aliphatic heterocycles. The van der Waals surface area contributed by atoms with Crippen LogP contribution in [0.25, 0.3) is 0 Å². The van der Waals surface area contributed by atoms with Gasteiger partial charge in [-0.15, -0.1) is 0 Å². The summed E-state index contributed by atoms with van der Waals surface area (Å²) < 4.78 is 5.25. The van der Waals surface area contributed by atoms with Crippen LogP contribution in [0.5, 0.6) is 0 Å². The fourth-order valence-electron chi connectivity index (χ4n) is 1.23. The summed E-state index contributed by atoms with van der Waals surface area (Å²) in [6.45, 7) is 5.62. The number of rotatable bonds is 3. The van der Waals surface area contributed by atoms with E-state index in [0.29, 0.717) is 0 Å². The van der Waals surface area contributed by atoms with Crippen molar-refractivity contribution in [2.75, 3.05) is 0 Å². The van der Waals surface area contributed by atoms with Crippen LogP contribution in [0.1, 0.15) is 38.9 Å². The predicted molar refractivity (Wildman–Crippen MR) is 66.7 cm³/mol. The van der Waals surface area contributed by atoms with Gasteiger partial charge in [-0.1, -0.05) is 0 Å². The average molecular weight is 252 g/mol. The first-order valence-electron chi connectivity index (χ1n) is 5.30. The third-order valence-electron chi connectivity index (χ3n) is 1.92. The van der Waals surface area contributed by atoms with Crippen LogP contribution in [0.3, 0.4) is 0 Å². The number of hydrogen-bond donors (Lipinski definition) is 1. The van der Waals surface area contributed by atoms with Crippen LogP contribution in [0, 0.1) is 11.3 Å². The van der Waals surface area contributed by atoms with Crippen molar-refractivity contribution in [2.45, 2.75) is 38.8 Å². The Bertz CT molecular complexity index is 401. The first kappa shape index (κ1) is 13.5. The summed E-state index contributed by atoms with van der Waals surface area (Å²) in [7, 11) is 0. The number of carbonyl (C=O) groups excluding carboxylic acids is 1. The van der Waals surface area contributed by atoms with Crippen molar-refractivity contribution in [2.24, 2.45) is 0 Å². The molecule has 1 rings (SSSR count). The summed E-state index contributed by atoms with van der Waals surface area (Å²) in [6.07, 6.45) is -0.827. The topological polar surface area (TPSA) is 62.1 Å². The van der Waals surface area contributed by atoms with Gasteiger partial charge in [0.15, 0.2) is 0 Å². The quantitative estimate of drug-likeness (QED) is 0.898. The van der Waals surface area contributed by atoms with Crippen LogP contribution < -0.4 is 5.32 Å². The van der Waals surface area contributed by atoms with Gasteiger partial charge in [-0.3, -0.25) is 0 Å². The molecular formula is C12H16N2O2S. The number of carbonyl (C=O) groups is 1. The Balaban J connectivity index is 2.63. The largest absolute Gasteiger partial charge is 0.440 e. The van der Waals surface area contributed by atoms with Crippen LogP contribution in [0.2, 0.25) is 0 Å². The predicted octanol–water partition coefficient (Wildman–Crippen LogP) is 3.23. The molecule has 0 fully saturated rings. The van der Waals surface area contributed by atoms with Gasteiger partial charge in [0.05, 0.1) is 12.5 Å². The molecule has 1 heterocycles. The zero-order valence-corrected chi connectivity index (χ0v) is 11.0. The van der Waals surface area contributed by atoms with Gasteiger partial charge in [0, 0.05) is 11.1 Å². The SMILES string of the molecule is CC(C)(C)NC(=O)OC(CC#N)c1ccsc1. The molecule has 0 spiro atoms. The minimum absolute atomic E-state index is 0.161. The van der Waals surface area contributed by atoms with E-state index in [1.165, 1.54) is 11.3 Å². The second-order valence-corrected chi connectivity index (χ2v) is 5.47. The smallest absolute Gasteiger partial charge is 0.408 e. The monoisotopic (exact) mass is 252 g/mol. The van der Waals surface area contributed by atoms with Crippen LogP contribution in [-0.2, 0) is 4.74 Å². The number of nitrogens with zero attached hydrogens (tertiary/aromatic N) is 1. The van der Waals surface area contributed by atoms with Gasteiger partial charge in [-0.2, -0.15) is 16.6 Å². The molecule has 0 saturated heterocycles. The highest BCUT2D eigenvalue weighted by molar-refractivity contribution is 7.07. The maximum atomic E-state index is 11.6. The Morgan fingerprint density at radius 1 is 1.65 bits per heavy atom.